The van der Waals surface area contributed by atoms with Crippen LogP contribution in [0.1, 0.15) is 11.1 Å². The average molecular weight is 342 g/mol. The summed E-state index contributed by atoms with van der Waals surface area (Å²) >= 11 is 0. The molecule has 0 amide bonds. The summed E-state index contributed by atoms with van der Waals surface area (Å²) in [6, 6.07) is 8.44. The zero-order chi connectivity index (χ0) is 16.7. The highest BCUT2D eigenvalue weighted by Crippen LogP contribution is 2.35. The maximum atomic E-state index is 11.7. The average Bonchev–Trinajstić information content (AvgIpc) is 2.39. The molecule has 0 aliphatic heterocycles. The minimum Gasteiger partial charge on any atom is -0.282 e. The smallest absolute Gasteiger partial charge is 0.282 e. The third-order valence-corrected chi connectivity index (χ3v) is 5.34. The lowest BCUT2D eigenvalue weighted by Crippen LogP contribution is -2.07. The van der Waals surface area contributed by atoms with Crippen molar-refractivity contribution < 1.29 is 25.9 Å². The quantitative estimate of drug-likeness (QED) is 0.829. The van der Waals surface area contributed by atoms with Gasteiger partial charge < -0.3 is 0 Å². The van der Waals surface area contributed by atoms with Crippen LogP contribution in [0.2, 0.25) is 0 Å². The van der Waals surface area contributed by atoms with Gasteiger partial charge in [0.25, 0.3) is 20.2 Å². The van der Waals surface area contributed by atoms with E-state index < -0.39 is 25.1 Å². The van der Waals surface area contributed by atoms with Crippen molar-refractivity contribution in [1.82, 2.24) is 0 Å². The molecule has 0 aromatic heterocycles. The molecular formula is C14H14O6S2. The van der Waals surface area contributed by atoms with Crippen LogP contribution >= 0.6 is 0 Å². The van der Waals surface area contributed by atoms with Gasteiger partial charge in [-0.25, -0.2) is 0 Å². The van der Waals surface area contributed by atoms with Gasteiger partial charge in [-0.15, -0.1) is 0 Å². The highest BCUT2D eigenvalue weighted by atomic mass is 32.2. The number of hydrogen-bond acceptors (Lipinski definition) is 4. The lowest BCUT2D eigenvalue weighted by molar-refractivity contribution is 0.479. The largest absolute Gasteiger partial charge is 0.295 e. The number of benzene rings is 2. The van der Waals surface area contributed by atoms with Crippen LogP contribution in [0.3, 0.4) is 0 Å². The first-order valence-electron chi connectivity index (χ1n) is 6.18. The normalized spacial score (nSPS) is 12.4. The molecule has 0 saturated carbocycles. The molecule has 0 radical (unpaired) electrons. The molecule has 2 N–H and O–H groups in total. The number of hydrogen-bond donors (Lipinski definition) is 2. The van der Waals surface area contributed by atoms with Gasteiger partial charge in [0.15, 0.2) is 0 Å². The van der Waals surface area contributed by atoms with Crippen molar-refractivity contribution in [3.05, 3.63) is 47.5 Å². The number of rotatable bonds is 3. The molecule has 8 heteroatoms. The van der Waals surface area contributed by atoms with Gasteiger partial charge in [0.1, 0.15) is 9.79 Å². The van der Waals surface area contributed by atoms with Crippen molar-refractivity contribution >= 4 is 20.2 Å². The van der Waals surface area contributed by atoms with Gasteiger partial charge in [0, 0.05) is 11.1 Å². The van der Waals surface area contributed by atoms with Gasteiger partial charge in [-0.05, 0) is 31.0 Å². The Kier molecular flexibility index (Phi) is 4.14. The second-order valence-corrected chi connectivity index (χ2v) is 7.58. The molecule has 0 atom stereocenters. The molecule has 0 unspecified atom stereocenters. The van der Waals surface area contributed by atoms with Gasteiger partial charge in [-0.3, -0.25) is 9.11 Å². The molecule has 2 aromatic carbocycles. The lowest BCUT2D eigenvalue weighted by Gasteiger charge is -2.14. The zero-order valence-electron chi connectivity index (χ0n) is 11.8. The Balaban J connectivity index is 2.96. The Morgan fingerprint density at radius 3 is 1.91 bits per heavy atom. The maximum Gasteiger partial charge on any atom is 0.295 e. The minimum atomic E-state index is -4.57. The van der Waals surface area contributed by atoms with E-state index in [1.807, 2.05) is 0 Å². The number of aryl methyl sites for hydroxylation is 1. The Labute approximate surface area is 128 Å². The second-order valence-electron chi connectivity index (χ2n) is 4.83. The molecule has 0 aliphatic carbocycles. The van der Waals surface area contributed by atoms with Crippen molar-refractivity contribution in [2.45, 2.75) is 23.6 Å². The van der Waals surface area contributed by atoms with Gasteiger partial charge >= 0.3 is 0 Å². The SMILES string of the molecule is Cc1ccc(-c2ccccc2S(=O)(=O)O)c(S(=O)(=O)O)c1C. The summed E-state index contributed by atoms with van der Waals surface area (Å²) in [5, 5.41) is 0. The van der Waals surface area contributed by atoms with Gasteiger partial charge in [-0.1, -0.05) is 30.3 Å². The van der Waals surface area contributed by atoms with E-state index in [1.165, 1.54) is 31.2 Å². The van der Waals surface area contributed by atoms with Crippen LogP contribution in [-0.2, 0) is 20.2 Å². The Morgan fingerprint density at radius 2 is 1.36 bits per heavy atom. The van der Waals surface area contributed by atoms with Crippen molar-refractivity contribution in [2.24, 2.45) is 0 Å². The third-order valence-electron chi connectivity index (χ3n) is 3.39. The van der Waals surface area contributed by atoms with Gasteiger partial charge in [0.05, 0.1) is 0 Å². The van der Waals surface area contributed by atoms with E-state index in [0.29, 0.717) is 11.1 Å². The summed E-state index contributed by atoms with van der Waals surface area (Å²) in [4.78, 5) is -0.799. The summed E-state index contributed by atoms with van der Waals surface area (Å²) in [6.07, 6.45) is 0. The molecule has 0 saturated heterocycles. The van der Waals surface area contributed by atoms with Crippen LogP contribution in [0.25, 0.3) is 11.1 Å². The highest BCUT2D eigenvalue weighted by molar-refractivity contribution is 7.86. The van der Waals surface area contributed by atoms with E-state index in [2.05, 4.69) is 0 Å². The van der Waals surface area contributed by atoms with E-state index in [4.69, 9.17) is 0 Å². The Bertz CT molecular complexity index is 943. The maximum absolute atomic E-state index is 11.7. The van der Waals surface area contributed by atoms with Gasteiger partial charge in [0.2, 0.25) is 0 Å². The Morgan fingerprint density at radius 1 is 0.773 bits per heavy atom. The molecule has 0 heterocycles. The lowest BCUT2D eigenvalue weighted by atomic mass is 10.0. The first-order valence-corrected chi connectivity index (χ1v) is 9.06. The van der Waals surface area contributed by atoms with Crippen LogP contribution in [0.15, 0.2) is 46.2 Å². The highest BCUT2D eigenvalue weighted by Gasteiger charge is 2.24. The van der Waals surface area contributed by atoms with E-state index in [-0.39, 0.29) is 16.0 Å². The van der Waals surface area contributed by atoms with Crippen molar-refractivity contribution in [3.63, 3.8) is 0 Å². The third kappa shape index (κ3) is 3.05. The molecule has 6 nitrogen and oxygen atoms in total. The van der Waals surface area contributed by atoms with E-state index >= 15 is 0 Å². The Hall–Kier alpha value is -1.74. The molecule has 0 spiro atoms. The first kappa shape index (κ1) is 16.6. The first-order chi connectivity index (χ1) is 10.0. The van der Waals surface area contributed by atoms with Crippen LogP contribution in [0.4, 0.5) is 0 Å². The monoisotopic (exact) mass is 342 g/mol. The standard InChI is InChI=1S/C14H14O6S2/c1-9-7-8-12(14(10(9)2)22(18,19)20)11-5-3-4-6-13(11)21(15,16)17/h3-8H,1-2H3,(H,15,16,17)(H,18,19,20). The summed E-state index contributed by atoms with van der Waals surface area (Å²) in [5.41, 5.74) is 0.949. The van der Waals surface area contributed by atoms with Crippen molar-refractivity contribution in [1.29, 1.82) is 0 Å². The van der Waals surface area contributed by atoms with Crippen LogP contribution < -0.4 is 0 Å². The van der Waals surface area contributed by atoms with E-state index in [9.17, 15) is 25.9 Å². The summed E-state index contributed by atoms with van der Waals surface area (Å²) in [6.45, 7) is 3.18. The van der Waals surface area contributed by atoms with Crippen LogP contribution in [0, 0.1) is 13.8 Å². The molecule has 0 fully saturated rings. The molecule has 0 aliphatic rings. The topological polar surface area (TPSA) is 109 Å². The fourth-order valence-electron chi connectivity index (χ4n) is 2.25. The fourth-order valence-corrected chi connectivity index (χ4v) is 3.96. The predicted octanol–water partition coefficient (Wildman–Crippen LogP) is 2.46. The molecule has 118 valence electrons. The summed E-state index contributed by atoms with van der Waals surface area (Å²) < 4.78 is 65.2. The van der Waals surface area contributed by atoms with Crippen LogP contribution in [0.5, 0.6) is 0 Å². The van der Waals surface area contributed by atoms with E-state index in [0.717, 1.165) is 6.07 Å². The van der Waals surface area contributed by atoms with Crippen LogP contribution in [-0.4, -0.2) is 25.9 Å². The molecular weight excluding hydrogens is 328 g/mol. The summed E-state index contributed by atoms with van der Waals surface area (Å²) in [7, 11) is -9.12. The molecule has 22 heavy (non-hydrogen) atoms. The summed E-state index contributed by atoms with van der Waals surface area (Å²) in [5.74, 6) is 0. The molecule has 2 aromatic rings. The zero-order valence-corrected chi connectivity index (χ0v) is 13.4. The predicted molar refractivity (Wildman–Crippen MR) is 81.0 cm³/mol. The van der Waals surface area contributed by atoms with Gasteiger partial charge in [-0.2, -0.15) is 16.8 Å². The second kappa shape index (κ2) is 5.47. The fraction of sp³-hybridized carbons (Fsp3) is 0.143. The molecule has 2 rings (SSSR count). The minimum absolute atomic E-state index is 0.000671. The van der Waals surface area contributed by atoms with E-state index in [1.54, 1.807) is 13.0 Å². The van der Waals surface area contributed by atoms with Crippen molar-refractivity contribution in [2.75, 3.05) is 0 Å². The molecule has 0 bridgehead atoms. The van der Waals surface area contributed by atoms with Crippen molar-refractivity contribution in [3.8, 4) is 11.1 Å².